The van der Waals surface area contributed by atoms with Crippen molar-refractivity contribution < 1.29 is 4.79 Å². The lowest BCUT2D eigenvalue weighted by atomic mass is 10.1. The number of hydrogen-bond donors (Lipinski definition) is 3. The third-order valence-electron chi connectivity index (χ3n) is 4.42. The van der Waals surface area contributed by atoms with E-state index in [0.717, 1.165) is 36.0 Å². The van der Waals surface area contributed by atoms with E-state index in [1.165, 1.54) is 5.56 Å². The lowest BCUT2D eigenvalue weighted by Crippen LogP contribution is -2.21. The van der Waals surface area contributed by atoms with Crippen molar-refractivity contribution >= 4 is 34.3 Å². The number of aryl methyl sites for hydroxylation is 2. The number of carbonyl (C=O) groups excluding carboxylic acids is 1. The van der Waals surface area contributed by atoms with E-state index in [1.807, 2.05) is 51.4 Å². The largest absolute Gasteiger partial charge is 0.370 e. The Hall–Kier alpha value is -3.19. The number of nitrogens with one attached hydrogen (secondary N) is 3. The fraction of sp³-hybridized carbons (Fsp3) is 0.318. The van der Waals surface area contributed by atoms with Gasteiger partial charge < -0.3 is 15.5 Å². The summed E-state index contributed by atoms with van der Waals surface area (Å²) in [5, 5.41) is 11.1. The number of hydrogen-bond acceptors (Lipinski definition) is 5. The van der Waals surface area contributed by atoms with Crippen LogP contribution >= 0.6 is 0 Å². The molecule has 7 nitrogen and oxygen atoms in total. The average molecular weight is 393 g/mol. The highest BCUT2D eigenvalue weighted by Crippen LogP contribution is 2.20. The fourth-order valence-corrected chi connectivity index (χ4v) is 3.03. The van der Waals surface area contributed by atoms with Gasteiger partial charge in [0.15, 0.2) is 0 Å². The van der Waals surface area contributed by atoms with Gasteiger partial charge in [-0.15, -0.1) is 0 Å². The quantitative estimate of drug-likeness (QED) is 0.524. The second-order valence-corrected chi connectivity index (χ2v) is 7.45. The molecule has 0 spiro atoms. The predicted molar refractivity (Wildman–Crippen MR) is 120 cm³/mol. The van der Waals surface area contributed by atoms with Crippen LogP contribution < -0.4 is 16.0 Å². The molecule has 3 rings (SSSR count). The van der Waals surface area contributed by atoms with Gasteiger partial charge in [0.2, 0.25) is 5.95 Å². The lowest BCUT2D eigenvalue weighted by molar-refractivity contribution is 0.262. The Balaban J connectivity index is 1.62. The van der Waals surface area contributed by atoms with Crippen LogP contribution in [0.15, 0.2) is 42.5 Å². The monoisotopic (exact) mass is 392 g/mol. The van der Waals surface area contributed by atoms with Gasteiger partial charge in [0.1, 0.15) is 5.82 Å². The van der Waals surface area contributed by atoms with Crippen molar-refractivity contribution in [2.24, 2.45) is 0 Å². The molecule has 0 radical (unpaired) electrons. The molecule has 29 heavy (non-hydrogen) atoms. The molecule has 2 amide bonds. The molecule has 0 aliphatic carbocycles. The zero-order chi connectivity index (χ0) is 20.8. The molecule has 3 aromatic rings. The van der Waals surface area contributed by atoms with Gasteiger partial charge >= 0.3 is 6.03 Å². The Morgan fingerprint density at radius 3 is 2.52 bits per heavy atom. The molecule has 7 heteroatoms. The molecule has 152 valence electrons. The fourth-order valence-electron chi connectivity index (χ4n) is 3.03. The number of amides is 2. The van der Waals surface area contributed by atoms with Crippen molar-refractivity contribution in [1.29, 1.82) is 0 Å². The van der Waals surface area contributed by atoms with Gasteiger partial charge in [-0.3, -0.25) is 5.32 Å². The van der Waals surface area contributed by atoms with Crippen LogP contribution in [0.25, 0.3) is 10.8 Å². The van der Waals surface area contributed by atoms with E-state index in [2.05, 4.69) is 49.9 Å². The molecule has 2 aromatic carbocycles. The second-order valence-electron chi connectivity index (χ2n) is 7.45. The maximum absolute atomic E-state index is 12.4. The van der Waals surface area contributed by atoms with Crippen LogP contribution in [0.3, 0.4) is 0 Å². The van der Waals surface area contributed by atoms with Gasteiger partial charge in [0.05, 0.1) is 0 Å². The van der Waals surface area contributed by atoms with Gasteiger partial charge in [-0.2, -0.15) is 4.98 Å². The number of nitrogens with zero attached hydrogens (tertiary/aromatic N) is 3. The van der Waals surface area contributed by atoms with Crippen molar-refractivity contribution in [3.8, 4) is 0 Å². The van der Waals surface area contributed by atoms with Crippen molar-refractivity contribution in [3.05, 3.63) is 53.7 Å². The highest BCUT2D eigenvalue weighted by atomic mass is 16.2. The molecule has 0 unspecified atom stereocenters. The third-order valence-corrected chi connectivity index (χ3v) is 4.42. The van der Waals surface area contributed by atoms with E-state index in [1.54, 1.807) is 0 Å². The first-order valence-electron chi connectivity index (χ1n) is 9.72. The van der Waals surface area contributed by atoms with Crippen LogP contribution in [-0.2, 0) is 0 Å². The van der Waals surface area contributed by atoms with Gasteiger partial charge in [0, 0.05) is 24.0 Å². The first-order valence-corrected chi connectivity index (χ1v) is 9.72. The minimum Gasteiger partial charge on any atom is -0.370 e. The molecule has 3 N–H and O–H groups in total. The SMILES string of the molecule is Cc1ccc2cc(NC(=O)Nc3nc(C)cc(NCCCN(C)C)n3)ccc2c1. The van der Waals surface area contributed by atoms with Crippen LogP contribution in [0.5, 0.6) is 0 Å². The normalized spacial score (nSPS) is 10.9. The number of benzene rings is 2. The first-order chi connectivity index (χ1) is 13.9. The molecule has 0 atom stereocenters. The maximum atomic E-state index is 12.4. The lowest BCUT2D eigenvalue weighted by Gasteiger charge is -2.12. The molecule has 0 aliphatic rings. The van der Waals surface area contributed by atoms with Crippen LogP contribution in [0, 0.1) is 13.8 Å². The minimum absolute atomic E-state index is 0.272. The van der Waals surface area contributed by atoms with Crippen LogP contribution in [0.2, 0.25) is 0 Å². The van der Waals surface area contributed by atoms with Crippen molar-refractivity contribution in [3.63, 3.8) is 0 Å². The maximum Gasteiger partial charge on any atom is 0.326 e. The predicted octanol–water partition coefficient (Wildman–Crippen LogP) is 4.25. The number of rotatable bonds is 7. The summed E-state index contributed by atoms with van der Waals surface area (Å²) in [4.78, 5) is 23.2. The summed E-state index contributed by atoms with van der Waals surface area (Å²) < 4.78 is 0. The van der Waals surface area contributed by atoms with E-state index in [9.17, 15) is 4.79 Å². The van der Waals surface area contributed by atoms with Crippen molar-refractivity contribution in [2.45, 2.75) is 20.3 Å². The van der Waals surface area contributed by atoms with Crippen molar-refractivity contribution in [2.75, 3.05) is 43.1 Å². The Morgan fingerprint density at radius 1 is 0.966 bits per heavy atom. The summed E-state index contributed by atoms with van der Waals surface area (Å²) in [6.45, 7) is 5.74. The zero-order valence-corrected chi connectivity index (χ0v) is 17.4. The number of carbonyl (C=O) groups is 1. The average Bonchev–Trinajstić information content (AvgIpc) is 2.64. The molecule has 0 fully saturated rings. The summed E-state index contributed by atoms with van der Waals surface area (Å²) in [6.07, 6.45) is 1.00. The van der Waals surface area contributed by atoms with E-state index >= 15 is 0 Å². The Kier molecular flexibility index (Phi) is 6.61. The van der Waals surface area contributed by atoms with Gasteiger partial charge in [0.25, 0.3) is 0 Å². The second kappa shape index (κ2) is 9.34. The van der Waals surface area contributed by atoms with Crippen molar-refractivity contribution in [1.82, 2.24) is 14.9 Å². The molecule has 0 aliphatic heterocycles. The summed E-state index contributed by atoms with van der Waals surface area (Å²) in [7, 11) is 4.10. The third kappa shape index (κ3) is 6.15. The minimum atomic E-state index is -0.374. The number of aromatic nitrogens is 2. The molecule has 1 heterocycles. The van der Waals surface area contributed by atoms with Gasteiger partial charge in [-0.25, -0.2) is 9.78 Å². The molecule has 0 bridgehead atoms. The van der Waals surface area contributed by atoms with Crippen LogP contribution in [0.1, 0.15) is 17.7 Å². The molecular formula is C22H28N6O. The highest BCUT2D eigenvalue weighted by Gasteiger charge is 2.08. The van der Waals surface area contributed by atoms with E-state index in [0.29, 0.717) is 11.5 Å². The molecule has 1 aromatic heterocycles. The highest BCUT2D eigenvalue weighted by molar-refractivity contribution is 6.00. The van der Waals surface area contributed by atoms with E-state index in [4.69, 9.17) is 0 Å². The summed E-state index contributed by atoms with van der Waals surface area (Å²) in [5.41, 5.74) is 2.71. The van der Waals surface area contributed by atoms with Gasteiger partial charge in [-0.05, 0) is 63.8 Å². The zero-order valence-electron chi connectivity index (χ0n) is 17.4. The molecule has 0 saturated heterocycles. The van der Waals surface area contributed by atoms with Crippen LogP contribution in [0.4, 0.5) is 22.2 Å². The molecular weight excluding hydrogens is 364 g/mol. The number of urea groups is 1. The van der Waals surface area contributed by atoms with Gasteiger partial charge in [-0.1, -0.05) is 29.8 Å². The summed E-state index contributed by atoms with van der Waals surface area (Å²) in [5.74, 6) is 0.974. The number of anilines is 3. The summed E-state index contributed by atoms with van der Waals surface area (Å²) >= 11 is 0. The van der Waals surface area contributed by atoms with E-state index < -0.39 is 0 Å². The van der Waals surface area contributed by atoms with Crippen LogP contribution in [-0.4, -0.2) is 48.1 Å². The number of fused-ring (bicyclic) bond motifs is 1. The standard InChI is InChI=1S/C22H28N6O/c1-15-6-7-18-14-19(9-8-17(18)12-15)25-22(29)27-21-24-16(2)13-20(26-21)23-10-5-11-28(3)4/h6-9,12-14H,5,10-11H2,1-4H3,(H3,23,24,25,26,27,29). The van der Waals surface area contributed by atoms with E-state index in [-0.39, 0.29) is 12.0 Å². The topological polar surface area (TPSA) is 82.2 Å². The molecule has 0 saturated carbocycles. The Morgan fingerprint density at radius 2 is 1.72 bits per heavy atom. The first kappa shape index (κ1) is 20.5. The Bertz CT molecular complexity index is 1000. The summed E-state index contributed by atoms with van der Waals surface area (Å²) in [6, 6.07) is 13.5. The Labute approximate surface area is 171 Å². The smallest absolute Gasteiger partial charge is 0.326 e.